The summed E-state index contributed by atoms with van der Waals surface area (Å²) in [5.74, 6) is 0.355. The van der Waals surface area contributed by atoms with Crippen LogP contribution >= 0.6 is 11.3 Å². The van der Waals surface area contributed by atoms with E-state index in [2.05, 4.69) is 32.7 Å². The van der Waals surface area contributed by atoms with Crippen LogP contribution in [0.15, 0.2) is 24.3 Å². The Morgan fingerprint density at radius 2 is 2.00 bits per heavy atom. The first-order valence-electron chi connectivity index (χ1n) is 8.43. The number of amides is 1. The van der Waals surface area contributed by atoms with Crippen molar-refractivity contribution < 1.29 is 13.9 Å². The van der Waals surface area contributed by atoms with Gasteiger partial charge in [-0.3, -0.25) is 4.79 Å². The summed E-state index contributed by atoms with van der Waals surface area (Å²) in [7, 11) is 0. The highest BCUT2D eigenvalue weighted by Crippen LogP contribution is 2.31. The van der Waals surface area contributed by atoms with E-state index in [1.165, 1.54) is 23.5 Å². The molecule has 0 saturated carbocycles. The average molecular weight is 362 g/mol. The number of benzene rings is 1. The normalized spacial score (nSPS) is 15.9. The van der Waals surface area contributed by atoms with Gasteiger partial charge < -0.3 is 9.64 Å². The molecule has 1 aliphatic heterocycles. The number of aromatic nitrogens is 1. The first-order valence-corrected chi connectivity index (χ1v) is 9.25. The number of hydrogen-bond donors (Lipinski definition) is 0. The Kier molecular flexibility index (Phi) is 4.82. The SMILES string of the molecule is C[C@@H](N1CCc2nc(COc3ccc(F)cc3)sc2C1=O)C(C)(C)C. The molecule has 0 bridgehead atoms. The molecule has 1 aromatic carbocycles. The minimum atomic E-state index is -0.296. The van der Waals surface area contributed by atoms with E-state index in [1.807, 2.05) is 4.90 Å². The van der Waals surface area contributed by atoms with E-state index in [0.29, 0.717) is 12.3 Å². The first kappa shape index (κ1) is 17.9. The fourth-order valence-electron chi connectivity index (χ4n) is 2.77. The topological polar surface area (TPSA) is 42.4 Å². The lowest BCUT2D eigenvalue weighted by atomic mass is 9.86. The summed E-state index contributed by atoms with van der Waals surface area (Å²) in [4.78, 5) is 20.1. The molecule has 0 radical (unpaired) electrons. The molecule has 1 atom stereocenters. The molecular formula is C19H23FN2O2S. The molecule has 0 saturated heterocycles. The predicted octanol–water partition coefficient (Wildman–Crippen LogP) is 4.29. The number of halogens is 1. The summed E-state index contributed by atoms with van der Waals surface area (Å²) in [5.41, 5.74) is 0.900. The summed E-state index contributed by atoms with van der Waals surface area (Å²) < 4.78 is 18.6. The van der Waals surface area contributed by atoms with Crippen molar-refractivity contribution >= 4 is 17.2 Å². The average Bonchev–Trinajstić information content (AvgIpc) is 2.97. The van der Waals surface area contributed by atoms with E-state index >= 15 is 0 Å². The molecule has 6 heteroatoms. The Labute approximate surface area is 151 Å². The van der Waals surface area contributed by atoms with E-state index in [0.717, 1.165) is 22.0 Å². The highest BCUT2D eigenvalue weighted by atomic mass is 32.1. The van der Waals surface area contributed by atoms with Gasteiger partial charge in [-0.2, -0.15) is 0 Å². The van der Waals surface area contributed by atoms with Gasteiger partial charge in [-0.05, 0) is 36.6 Å². The zero-order valence-electron chi connectivity index (χ0n) is 15.0. The van der Waals surface area contributed by atoms with Crippen LogP contribution in [-0.2, 0) is 13.0 Å². The van der Waals surface area contributed by atoms with Crippen LogP contribution in [0.25, 0.3) is 0 Å². The van der Waals surface area contributed by atoms with Gasteiger partial charge in [0.1, 0.15) is 28.1 Å². The van der Waals surface area contributed by atoms with Crippen molar-refractivity contribution in [2.24, 2.45) is 5.41 Å². The highest BCUT2D eigenvalue weighted by Gasteiger charge is 2.35. The fraction of sp³-hybridized carbons (Fsp3) is 0.474. The maximum atomic E-state index is 12.9. The van der Waals surface area contributed by atoms with Gasteiger partial charge in [-0.25, -0.2) is 9.37 Å². The molecule has 0 spiro atoms. The van der Waals surface area contributed by atoms with E-state index < -0.39 is 0 Å². The number of ether oxygens (including phenoxy) is 1. The summed E-state index contributed by atoms with van der Waals surface area (Å²) in [6.07, 6.45) is 0.772. The summed E-state index contributed by atoms with van der Waals surface area (Å²) >= 11 is 1.40. The molecule has 0 N–H and O–H groups in total. The smallest absolute Gasteiger partial charge is 0.266 e. The number of thiazole rings is 1. The lowest BCUT2D eigenvalue weighted by molar-refractivity contribution is 0.0537. The molecule has 4 nitrogen and oxygen atoms in total. The Hall–Kier alpha value is -1.95. The second-order valence-corrected chi connectivity index (χ2v) is 8.50. The van der Waals surface area contributed by atoms with Gasteiger partial charge in [0.05, 0.1) is 5.69 Å². The molecule has 0 aliphatic carbocycles. The van der Waals surface area contributed by atoms with Crippen LogP contribution in [0.5, 0.6) is 5.75 Å². The van der Waals surface area contributed by atoms with Crippen molar-refractivity contribution in [2.75, 3.05) is 6.54 Å². The Morgan fingerprint density at radius 1 is 1.32 bits per heavy atom. The van der Waals surface area contributed by atoms with Crippen LogP contribution in [0.4, 0.5) is 4.39 Å². The monoisotopic (exact) mass is 362 g/mol. The molecule has 2 aromatic rings. The standard InChI is InChI=1S/C19H23FN2O2S/c1-12(19(2,3)4)22-10-9-15-17(18(22)23)25-16(21-15)11-24-14-7-5-13(20)6-8-14/h5-8,12H,9-11H2,1-4H3/t12-/m1/s1. The third-order valence-corrected chi connectivity index (χ3v) is 5.74. The van der Waals surface area contributed by atoms with E-state index in [1.54, 1.807) is 12.1 Å². The third-order valence-electron chi connectivity index (χ3n) is 4.68. The van der Waals surface area contributed by atoms with Crippen molar-refractivity contribution in [3.63, 3.8) is 0 Å². The van der Waals surface area contributed by atoms with Gasteiger partial charge in [-0.1, -0.05) is 20.8 Å². The second-order valence-electron chi connectivity index (χ2n) is 7.42. The number of hydrogen-bond acceptors (Lipinski definition) is 4. The molecule has 0 unspecified atom stereocenters. The van der Waals surface area contributed by atoms with Gasteiger partial charge in [0.2, 0.25) is 0 Å². The number of fused-ring (bicyclic) bond motifs is 1. The molecule has 0 fully saturated rings. The summed E-state index contributed by atoms with van der Waals surface area (Å²) in [6, 6.07) is 6.05. The Morgan fingerprint density at radius 3 is 2.64 bits per heavy atom. The third kappa shape index (κ3) is 3.84. The lowest BCUT2D eigenvalue weighted by Gasteiger charge is -2.39. The number of rotatable bonds is 4. The van der Waals surface area contributed by atoms with Crippen molar-refractivity contribution in [3.05, 3.63) is 45.7 Å². The van der Waals surface area contributed by atoms with Crippen molar-refractivity contribution in [1.29, 1.82) is 0 Å². The molecule has 3 rings (SSSR count). The van der Waals surface area contributed by atoms with Crippen LogP contribution in [0.2, 0.25) is 0 Å². The highest BCUT2D eigenvalue weighted by molar-refractivity contribution is 7.13. The zero-order valence-corrected chi connectivity index (χ0v) is 15.8. The van der Waals surface area contributed by atoms with Crippen LogP contribution < -0.4 is 4.74 Å². The summed E-state index contributed by atoms with van der Waals surface area (Å²) in [6.45, 7) is 9.53. The Bertz CT molecular complexity index is 765. The van der Waals surface area contributed by atoms with Crippen LogP contribution in [0, 0.1) is 11.2 Å². The number of nitrogens with zero attached hydrogens (tertiary/aromatic N) is 2. The molecule has 134 valence electrons. The van der Waals surface area contributed by atoms with Crippen molar-refractivity contribution in [3.8, 4) is 5.75 Å². The van der Waals surface area contributed by atoms with Crippen molar-refractivity contribution in [2.45, 2.75) is 46.8 Å². The van der Waals surface area contributed by atoms with E-state index in [9.17, 15) is 9.18 Å². The van der Waals surface area contributed by atoms with Gasteiger partial charge in [0.15, 0.2) is 0 Å². The molecule has 25 heavy (non-hydrogen) atoms. The number of carbonyl (C=O) groups excluding carboxylic acids is 1. The molecule has 1 aromatic heterocycles. The predicted molar refractivity (Wildman–Crippen MR) is 96.5 cm³/mol. The van der Waals surface area contributed by atoms with Gasteiger partial charge >= 0.3 is 0 Å². The van der Waals surface area contributed by atoms with Gasteiger partial charge in [0, 0.05) is 19.0 Å². The fourth-order valence-corrected chi connectivity index (χ4v) is 3.75. The maximum absolute atomic E-state index is 12.9. The van der Waals surface area contributed by atoms with Crippen molar-refractivity contribution in [1.82, 2.24) is 9.88 Å². The Balaban J connectivity index is 1.71. The molecule has 2 heterocycles. The largest absolute Gasteiger partial charge is 0.486 e. The van der Waals surface area contributed by atoms with Gasteiger partial charge in [0.25, 0.3) is 5.91 Å². The minimum absolute atomic E-state index is 0.0341. The van der Waals surface area contributed by atoms with E-state index in [4.69, 9.17) is 4.74 Å². The maximum Gasteiger partial charge on any atom is 0.266 e. The zero-order chi connectivity index (χ0) is 18.2. The minimum Gasteiger partial charge on any atom is -0.486 e. The lowest BCUT2D eigenvalue weighted by Crippen LogP contribution is -2.48. The summed E-state index contributed by atoms with van der Waals surface area (Å²) in [5, 5.41) is 0.771. The first-order chi connectivity index (χ1) is 11.8. The second kappa shape index (κ2) is 6.75. The quantitative estimate of drug-likeness (QED) is 0.815. The molecular weight excluding hydrogens is 339 g/mol. The molecule has 1 aliphatic rings. The van der Waals surface area contributed by atoms with Crippen LogP contribution in [0.1, 0.15) is 48.1 Å². The number of carbonyl (C=O) groups is 1. The van der Waals surface area contributed by atoms with Gasteiger partial charge in [-0.15, -0.1) is 11.3 Å². The molecule has 1 amide bonds. The van der Waals surface area contributed by atoms with Crippen LogP contribution in [0.3, 0.4) is 0 Å². The van der Waals surface area contributed by atoms with Crippen LogP contribution in [-0.4, -0.2) is 28.4 Å². The van der Waals surface area contributed by atoms with E-state index in [-0.39, 0.29) is 29.8 Å².